The highest BCUT2D eigenvalue weighted by atomic mass is 32.2. The lowest BCUT2D eigenvalue weighted by atomic mass is 9.99. The number of benzene rings is 3. The van der Waals surface area contributed by atoms with Crippen molar-refractivity contribution < 1.29 is 72.9 Å². The van der Waals surface area contributed by atoms with E-state index in [2.05, 4.69) is 47.2 Å². The zero-order valence-electron chi connectivity index (χ0n) is 59.7. The molecule has 6 saturated heterocycles. The predicted octanol–water partition coefficient (Wildman–Crippen LogP) is 1.87. The van der Waals surface area contributed by atoms with Gasteiger partial charge in [0.1, 0.15) is 72.2 Å². The van der Waals surface area contributed by atoms with Crippen molar-refractivity contribution in [2.75, 3.05) is 57.9 Å². The molecule has 12 atom stereocenters. The number of fused-ring (bicyclic) bond motifs is 2. The number of aliphatic carboxylic acids is 1. The summed E-state index contributed by atoms with van der Waals surface area (Å²) >= 11 is 1.42. The van der Waals surface area contributed by atoms with Crippen molar-refractivity contribution in [2.24, 2.45) is 5.92 Å². The molecule has 564 valence electrons. The number of aliphatic hydroxyl groups excluding tert-OH is 1. The third kappa shape index (κ3) is 18.1. The third-order valence-corrected chi connectivity index (χ3v) is 22.0. The molecule has 105 heavy (non-hydrogen) atoms. The minimum Gasteiger partial charge on any atom is -0.508 e. The molecule has 11 rings (SSSR count). The van der Waals surface area contributed by atoms with Gasteiger partial charge in [0, 0.05) is 86.2 Å². The van der Waals surface area contributed by atoms with Crippen LogP contribution >= 0.6 is 11.8 Å². The van der Waals surface area contributed by atoms with Gasteiger partial charge in [-0.15, -0.1) is 0 Å². The van der Waals surface area contributed by atoms with Crippen molar-refractivity contribution in [1.82, 2.24) is 71.7 Å². The summed E-state index contributed by atoms with van der Waals surface area (Å²) in [4.78, 5) is 187. The Kier molecular flexibility index (Phi) is 25.5. The van der Waals surface area contributed by atoms with E-state index in [9.17, 15) is 53.7 Å². The summed E-state index contributed by atoms with van der Waals surface area (Å²) in [6, 6.07) is 7.47. The number of nitrogens with one attached hydrogen (secondary N) is 9. The van der Waals surface area contributed by atoms with Crippen LogP contribution in [0.25, 0.3) is 21.8 Å². The van der Waals surface area contributed by atoms with Crippen LogP contribution in [-0.2, 0) is 76.8 Å². The largest absolute Gasteiger partial charge is 0.508 e. The van der Waals surface area contributed by atoms with Crippen LogP contribution in [0, 0.1) is 5.92 Å². The molecule has 30 heteroatoms. The Labute approximate surface area is 613 Å². The van der Waals surface area contributed by atoms with Crippen LogP contribution in [-0.4, -0.2) is 251 Å². The van der Waals surface area contributed by atoms with Gasteiger partial charge in [-0.1, -0.05) is 62.4 Å². The van der Waals surface area contributed by atoms with Gasteiger partial charge >= 0.3 is 5.97 Å². The summed E-state index contributed by atoms with van der Waals surface area (Å²) < 4.78 is 0. The van der Waals surface area contributed by atoms with Crippen LogP contribution in [0.1, 0.15) is 120 Å². The van der Waals surface area contributed by atoms with Crippen LogP contribution in [0.4, 0.5) is 0 Å². The van der Waals surface area contributed by atoms with Gasteiger partial charge in [0.05, 0.1) is 12.6 Å². The molecule has 29 nitrogen and oxygen atoms in total. The van der Waals surface area contributed by atoms with Gasteiger partial charge in [-0.25, -0.2) is 4.79 Å². The second-order valence-corrected chi connectivity index (χ2v) is 29.9. The second-order valence-electron chi connectivity index (χ2n) is 28.9. The molecule has 0 bridgehead atoms. The highest BCUT2D eigenvalue weighted by Crippen LogP contribution is 2.31. The number of likely N-dealkylation sites (tertiary alicyclic amines) is 5. The van der Waals surface area contributed by atoms with Crippen LogP contribution in [0.2, 0.25) is 0 Å². The molecule has 6 fully saturated rings. The van der Waals surface area contributed by atoms with E-state index in [-0.39, 0.29) is 101 Å². The first-order chi connectivity index (χ1) is 50.6. The topological polar surface area (TPSA) is 398 Å². The van der Waals surface area contributed by atoms with Crippen molar-refractivity contribution in [1.29, 1.82) is 0 Å². The normalized spacial score (nSPS) is 22.0. The van der Waals surface area contributed by atoms with E-state index in [0.717, 1.165) is 34.8 Å². The Balaban J connectivity index is 0.776. The number of carbonyl (C=O) groups excluding carboxylic acids is 11. The number of phenols is 1. The molecule has 8 heterocycles. The van der Waals surface area contributed by atoms with Gasteiger partial charge in [0.2, 0.25) is 65.0 Å². The lowest BCUT2D eigenvalue weighted by Gasteiger charge is -2.34. The molecule has 0 aliphatic carbocycles. The van der Waals surface area contributed by atoms with Gasteiger partial charge in [-0.05, 0) is 155 Å². The minimum atomic E-state index is -1.67. The quantitative estimate of drug-likeness (QED) is 0.0312. The maximum absolute atomic E-state index is 15.2. The second kappa shape index (κ2) is 35.0. The summed E-state index contributed by atoms with van der Waals surface area (Å²) in [5.41, 5.74) is 3.43. The first kappa shape index (κ1) is 76.6. The van der Waals surface area contributed by atoms with Gasteiger partial charge in [0.15, 0.2) is 0 Å². The highest BCUT2D eigenvalue weighted by molar-refractivity contribution is 7.98. The van der Waals surface area contributed by atoms with E-state index in [0.29, 0.717) is 86.9 Å². The molecule has 0 unspecified atom stereocenters. The van der Waals surface area contributed by atoms with E-state index < -0.39 is 132 Å². The number of aromatic amines is 2. The number of carbonyl (C=O) groups is 12. The number of aliphatic hydroxyl groups is 1. The van der Waals surface area contributed by atoms with Crippen LogP contribution in [0.15, 0.2) is 85.2 Å². The molecule has 12 N–H and O–H groups in total. The molecule has 3 aromatic carbocycles. The van der Waals surface area contributed by atoms with E-state index in [1.54, 1.807) is 35.5 Å². The molecule has 0 spiro atoms. The molecule has 11 amide bonds. The van der Waals surface area contributed by atoms with E-state index in [1.807, 2.05) is 62.6 Å². The number of rotatable bonds is 30. The molecule has 6 aliphatic rings. The Bertz CT molecular complexity index is 4010. The predicted molar refractivity (Wildman–Crippen MR) is 389 cm³/mol. The number of carboxylic acids is 1. The molecule has 2 aromatic heterocycles. The zero-order chi connectivity index (χ0) is 74.6. The molecular formula is C75H98N14O15S. The van der Waals surface area contributed by atoms with Crippen LogP contribution < -0.4 is 37.2 Å². The average Bonchev–Trinajstić information content (AvgIpc) is 1.69. The lowest BCUT2D eigenvalue weighted by Crippen LogP contribution is -2.61. The number of H-pyrrole nitrogens is 2. The number of aromatic nitrogens is 2. The van der Waals surface area contributed by atoms with Crippen molar-refractivity contribution >= 4 is 105 Å². The number of carboxylic acid groups (broad SMARTS) is 1. The number of hydrogen-bond acceptors (Lipinski definition) is 16. The fourth-order valence-electron chi connectivity index (χ4n) is 15.9. The molecule has 0 radical (unpaired) electrons. The summed E-state index contributed by atoms with van der Waals surface area (Å²) in [5.74, 6) is -7.61. The Hall–Kier alpha value is -9.55. The summed E-state index contributed by atoms with van der Waals surface area (Å²) in [6.45, 7) is 4.70. The van der Waals surface area contributed by atoms with Crippen molar-refractivity contribution in [2.45, 2.75) is 196 Å². The SMILES string of the molecule is CSCC[C@H](NC(=O)[C@H](Cc1ccc(O)cc1)NC(=O)[C@@H]1CCCN1C(=O)[C@H](CC(C)C)NC(=O)[C@H](Cc1c[nH]c2ccccc12)NC(=O)[C@@H]1CCCN1C(=O)[C@@H]1CCCN1C(=O)[C@@H]1CCCN1)C(=O)N1CCC[C@H]1C(=O)N1CCC[C@H]1C(=O)N[C@@H](Cc1c[nH]c2ccccc12)C(=O)N[C@@H](CO)C(=O)O. The Morgan fingerprint density at radius 2 is 0.905 bits per heavy atom. The maximum atomic E-state index is 15.2. The fourth-order valence-corrected chi connectivity index (χ4v) is 16.4. The molecule has 5 aromatic rings. The van der Waals surface area contributed by atoms with E-state index in [4.69, 9.17) is 0 Å². The van der Waals surface area contributed by atoms with Crippen molar-refractivity contribution in [3.63, 3.8) is 0 Å². The monoisotopic (exact) mass is 1470 g/mol. The van der Waals surface area contributed by atoms with Crippen molar-refractivity contribution in [3.8, 4) is 5.75 Å². The highest BCUT2D eigenvalue weighted by Gasteiger charge is 2.48. The number of thioether (sulfide) groups is 1. The summed E-state index contributed by atoms with van der Waals surface area (Å²) in [6.07, 6.45) is 10.6. The van der Waals surface area contributed by atoms with Crippen LogP contribution in [0.5, 0.6) is 5.75 Å². The smallest absolute Gasteiger partial charge is 0.328 e. The standard InChI is InChI=1S/C75H98N14O15S/c1-43(2)36-57(83-65(93)55(38-45-40-77-50-16-6-4-14-48(45)50)81-68(96)60-20-10-31-86(60)73(101)62-22-12-33-88(62)70(98)52-18-8-29-76-52)72(100)85-30-9-19-59(85)67(95)80-54(37-44-24-26-47(91)27-25-44)64(92)79-53(28-35-105-3)71(99)89-34-13-23-63(89)74(102)87-32-11-21-61(87)69(97)82-56(66(94)84-58(42-90)75(103)104)39-46-41-78-51-17-7-5-15-49(46)51/h4-7,14-17,24-27,40-41,43,52-63,76-78,90-91H,8-13,18-23,28-39,42H2,1-3H3,(H,79,92)(H,80,95)(H,81,96)(H,82,97)(H,83,93)(H,84,94)(H,103,104)/t52-,53-,54-,55-,56-,57-,58-,59-,60-,61-,62-,63-/m0/s1. The molecular weight excluding hydrogens is 1370 g/mol. The van der Waals surface area contributed by atoms with Gasteiger partial charge < -0.3 is 87.0 Å². The van der Waals surface area contributed by atoms with E-state index >= 15 is 19.2 Å². The number of para-hydroxylation sites is 2. The van der Waals surface area contributed by atoms with Gasteiger partial charge in [-0.2, -0.15) is 11.8 Å². The summed E-state index contributed by atoms with van der Waals surface area (Å²) in [7, 11) is 0. The fraction of sp³-hybridized carbons (Fsp3) is 0.547. The van der Waals surface area contributed by atoms with Crippen LogP contribution in [0.3, 0.4) is 0 Å². The van der Waals surface area contributed by atoms with Gasteiger partial charge in [0.25, 0.3) is 0 Å². The van der Waals surface area contributed by atoms with Gasteiger partial charge in [-0.3, -0.25) is 52.7 Å². The molecule has 6 aliphatic heterocycles. The van der Waals surface area contributed by atoms with E-state index in [1.165, 1.54) is 43.5 Å². The maximum Gasteiger partial charge on any atom is 0.328 e. The lowest BCUT2D eigenvalue weighted by molar-refractivity contribution is -0.148. The summed E-state index contributed by atoms with van der Waals surface area (Å²) in [5, 5.41) is 51.4. The molecule has 0 saturated carbocycles. The third-order valence-electron chi connectivity index (χ3n) is 21.3. The first-order valence-corrected chi connectivity index (χ1v) is 38.3. The van der Waals surface area contributed by atoms with Crippen molar-refractivity contribution in [3.05, 3.63) is 102 Å². The number of nitrogens with zero attached hydrogens (tertiary/aromatic N) is 5. The zero-order valence-corrected chi connectivity index (χ0v) is 60.5. The number of phenolic OH excluding ortho intramolecular Hbond substituents is 1. The Morgan fingerprint density at radius 1 is 0.486 bits per heavy atom. The number of hydrogen-bond donors (Lipinski definition) is 12. The average molecular weight is 1470 g/mol. The minimum absolute atomic E-state index is 0.00356. The number of aromatic hydroxyl groups is 1. The number of amides is 11. The first-order valence-electron chi connectivity index (χ1n) is 36.9. The Morgan fingerprint density at radius 3 is 1.37 bits per heavy atom.